The zero-order chi connectivity index (χ0) is 21.8. The van der Waals surface area contributed by atoms with Crippen LogP contribution in [0.5, 0.6) is 0 Å². The molecule has 3 aromatic rings. The molecule has 0 unspecified atom stereocenters. The molecular formula is C24H19F4NS. The highest BCUT2D eigenvalue weighted by molar-refractivity contribution is 8.03. The predicted molar refractivity (Wildman–Crippen MR) is 112 cm³/mol. The monoisotopic (exact) mass is 429 g/mol. The summed E-state index contributed by atoms with van der Waals surface area (Å²) >= 11 is 0.434. The number of thiocyanates is 1. The normalized spacial score (nSPS) is 10.8. The van der Waals surface area contributed by atoms with Gasteiger partial charge in [0.15, 0.2) is 0 Å². The van der Waals surface area contributed by atoms with E-state index in [0.29, 0.717) is 53.3 Å². The molecule has 0 saturated heterocycles. The molecule has 30 heavy (non-hydrogen) atoms. The molecule has 0 heterocycles. The molecule has 6 heteroatoms. The van der Waals surface area contributed by atoms with Gasteiger partial charge in [-0.05, 0) is 76.7 Å². The Morgan fingerprint density at radius 3 is 1.93 bits per heavy atom. The van der Waals surface area contributed by atoms with Gasteiger partial charge in [0, 0.05) is 5.56 Å². The van der Waals surface area contributed by atoms with Gasteiger partial charge >= 0.3 is 0 Å². The van der Waals surface area contributed by atoms with E-state index in [1.54, 1.807) is 23.6 Å². The number of hydrogen-bond acceptors (Lipinski definition) is 2. The van der Waals surface area contributed by atoms with Crippen LogP contribution in [0, 0.1) is 33.9 Å². The van der Waals surface area contributed by atoms with Gasteiger partial charge in [0.05, 0.1) is 4.90 Å². The number of halogens is 4. The second-order valence-electron chi connectivity index (χ2n) is 6.86. The maximum atomic E-state index is 14.4. The summed E-state index contributed by atoms with van der Waals surface area (Å²) in [5, 5.41) is 10.4. The fraction of sp³-hybridized carbons (Fsp3) is 0.208. The molecule has 0 aromatic heterocycles. The molecule has 1 nitrogen and oxygen atoms in total. The molecule has 3 aromatic carbocycles. The van der Waals surface area contributed by atoms with Crippen LogP contribution in [0.15, 0.2) is 47.4 Å². The van der Waals surface area contributed by atoms with Crippen molar-refractivity contribution < 1.29 is 17.6 Å². The van der Waals surface area contributed by atoms with Crippen molar-refractivity contribution in [3.8, 4) is 27.7 Å². The fourth-order valence-electron chi connectivity index (χ4n) is 3.46. The van der Waals surface area contributed by atoms with Crippen molar-refractivity contribution in [2.24, 2.45) is 0 Å². The van der Waals surface area contributed by atoms with E-state index < -0.39 is 23.3 Å². The fourth-order valence-corrected chi connectivity index (χ4v) is 3.87. The summed E-state index contributed by atoms with van der Waals surface area (Å²) in [6.07, 6.45) is 1.52. The minimum Gasteiger partial charge on any atom is -0.207 e. The van der Waals surface area contributed by atoms with Crippen LogP contribution in [0.25, 0.3) is 22.3 Å². The lowest BCUT2D eigenvalue weighted by molar-refractivity contribution is 0.542. The predicted octanol–water partition coefficient (Wildman–Crippen LogP) is 7.67. The Morgan fingerprint density at radius 2 is 1.40 bits per heavy atom. The molecule has 0 amide bonds. The second kappa shape index (κ2) is 9.36. The first-order valence-electron chi connectivity index (χ1n) is 9.56. The molecule has 0 saturated carbocycles. The summed E-state index contributed by atoms with van der Waals surface area (Å²) in [6, 6.07) is 10.2. The lowest BCUT2D eigenvalue weighted by Gasteiger charge is -2.13. The van der Waals surface area contributed by atoms with E-state index in [0.717, 1.165) is 5.56 Å². The smallest absolute Gasteiger partial charge is 0.141 e. The van der Waals surface area contributed by atoms with Crippen LogP contribution in [-0.2, 0) is 12.8 Å². The first kappa shape index (κ1) is 21.9. The van der Waals surface area contributed by atoms with Gasteiger partial charge in [0.25, 0.3) is 0 Å². The highest BCUT2D eigenvalue weighted by Crippen LogP contribution is 2.34. The van der Waals surface area contributed by atoms with Gasteiger partial charge in [-0.3, -0.25) is 0 Å². The first-order chi connectivity index (χ1) is 14.4. The van der Waals surface area contributed by atoms with E-state index in [-0.39, 0.29) is 10.5 Å². The third-order valence-corrected chi connectivity index (χ3v) is 5.60. The molecule has 0 fully saturated rings. The molecule has 3 rings (SSSR count). The zero-order valence-electron chi connectivity index (χ0n) is 16.5. The third-order valence-electron chi connectivity index (χ3n) is 4.92. The summed E-state index contributed by atoms with van der Waals surface area (Å²) in [6.45, 7) is 3.75. The molecule has 0 aliphatic heterocycles. The van der Waals surface area contributed by atoms with Crippen molar-refractivity contribution in [3.05, 3.63) is 76.9 Å². The van der Waals surface area contributed by atoms with Crippen molar-refractivity contribution in [3.63, 3.8) is 0 Å². The van der Waals surface area contributed by atoms with Crippen LogP contribution in [-0.4, -0.2) is 0 Å². The lowest BCUT2D eigenvalue weighted by Crippen LogP contribution is -1.97. The highest BCUT2D eigenvalue weighted by Gasteiger charge is 2.16. The minimum absolute atomic E-state index is 0.0786. The van der Waals surface area contributed by atoms with Gasteiger partial charge in [-0.25, -0.2) is 17.6 Å². The number of hydrogen-bond donors (Lipinski definition) is 0. The molecule has 0 bridgehead atoms. The number of aryl methyl sites for hydroxylation is 1. The third kappa shape index (κ3) is 4.36. The van der Waals surface area contributed by atoms with Crippen molar-refractivity contribution in [2.75, 3.05) is 0 Å². The van der Waals surface area contributed by atoms with Gasteiger partial charge in [-0.1, -0.05) is 38.5 Å². The molecule has 0 spiro atoms. The van der Waals surface area contributed by atoms with Gasteiger partial charge < -0.3 is 0 Å². The number of rotatable bonds is 6. The summed E-state index contributed by atoms with van der Waals surface area (Å²) in [5.41, 5.74) is 2.85. The molecular weight excluding hydrogens is 410 g/mol. The summed E-state index contributed by atoms with van der Waals surface area (Å²) < 4.78 is 57.2. The molecule has 0 radical (unpaired) electrons. The molecule has 0 N–H and O–H groups in total. The Balaban J connectivity index is 2.06. The topological polar surface area (TPSA) is 23.8 Å². The number of benzene rings is 3. The van der Waals surface area contributed by atoms with Crippen LogP contribution in [0.2, 0.25) is 0 Å². The largest absolute Gasteiger partial charge is 0.207 e. The van der Waals surface area contributed by atoms with Gasteiger partial charge in [0.2, 0.25) is 0 Å². The van der Waals surface area contributed by atoms with Crippen molar-refractivity contribution in [1.82, 2.24) is 0 Å². The average Bonchev–Trinajstić information content (AvgIpc) is 2.72. The summed E-state index contributed by atoms with van der Waals surface area (Å²) in [4.78, 5) is -0.339. The quantitative estimate of drug-likeness (QED) is 0.228. The van der Waals surface area contributed by atoms with E-state index in [9.17, 15) is 17.6 Å². The summed E-state index contributed by atoms with van der Waals surface area (Å²) in [7, 11) is 0. The molecule has 154 valence electrons. The van der Waals surface area contributed by atoms with Crippen LogP contribution in [0.1, 0.15) is 31.4 Å². The van der Waals surface area contributed by atoms with Gasteiger partial charge in [-0.15, -0.1) is 0 Å². The van der Waals surface area contributed by atoms with Gasteiger partial charge in [-0.2, -0.15) is 5.26 Å². The van der Waals surface area contributed by atoms with Gasteiger partial charge in [0.1, 0.15) is 28.7 Å². The Morgan fingerprint density at radius 1 is 0.800 bits per heavy atom. The maximum Gasteiger partial charge on any atom is 0.141 e. The van der Waals surface area contributed by atoms with Crippen molar-refractivity contribution in [1.29, 1.82) is 5.26 Å². The zero-order valence-corrected chi connectivity index (χ0v) is 17.3. The second-order valence-corrected chi connectivity index (χ2v) is 7.65. The first-order valence-corrected chi connectivity index (χ1v) is 10.4. The van der Waals surface area contributed by atoms with Crippen LogP contribution in [0.3, 0.4) is 0 Å². The van der Waals surface area contributed by atoms with Crippen LogP contribution < -0.4 is 0 Å². The van der Waals surface area contributed by atoms with E-state index in [1.807, 2.05) is 13.8 Å². The molecule has 0 aliphatic rings. The lowest BCUT2D eigenvalue weighted by atomic mass is 9.93. The number of nitriles is 1. The average molecular weight is 429 g/mol. The van der Waals surface area contributed by atoms with Crippen LogP contribution >= 0.6 is 11.8 Å². The van der Waals surface area contributed by atoms with E-state index in [4.69, 9.17) is 5.26 Å². The van der Waals surface area contributed by atoms with E-state index in [1.165, 1.54) is 24.3 Å². The Kier molecular flexibility index (Phi) is 6.84. The van der Waals surface area contributed by atoms with Crippen LogP contribution in [0.4, 0.5) is 17.6 Å². The van der Waals surface area contributed by atoms with E-state index in [2.05, 4.69) is 0 Å². The molecule has 0 atom stereocenters. The van der Waals surface area contributed by atoms with Crippen molar-refractivity contribution in [2.45, 2.75) is 38.0 Å². The number of thioether (sulfide) groups is 1. The molecule has 0 aliphatic carbocycles. The Labute approximate surface area is 177 Å². The SMILES string of the molecule is CCCc1c(F)cc(-c2ccc(-c3cc(F)c(SC#N)c(F)c3)c(CC)c2)cc1F. The highest BCUT2D eigenvalue weighted by atomic mass is 32.2. The number of nitrogens with zero attached hydrogens (tertiary/aromatic N) is 1. The minimum atomic E-state index is -0.807. The Bertz CT molecular complexity index is 1090. The van der Waals surface area contributed by atoms with Crippen molar-refractivity contribution >= 4 is 11.8 Å². The standard InChI is InChI=1S/C24H19F4NS/c1-3-5-19-20(25)9-16(10-21(19)26)15-6-7-18(14(4-2)8-15)17-11-22(27)24(30-13-29)23(28)12-17/h6-12H,3-5H2,1-2H3. The Hall–Kier alpha value is -2.78. The van der Waals surface area contributed by atoms with E-state index >= 15 is 0 Å². The summed E-state index contributed by atoms with van der Waals surface area (Å²) in [5.74, 6) is -2.77. The maximum absolute atomic E-state index is 14.4.